The van der Waals surface area contributed by atoms with Crippen LogP contribution in [0.1, 0.15) is 31.8 Å². The van der Waals surface area contributed by atoms with Gasteiger partial charge < -0.3 is 10.6 Å². The summed E-state index contributed by atoms with van der Waals surface area (Å²) >= 11 is 0. The van der Waals surface area contributed by atoms with Gasteiger partial charge in [0.25, 0.3) is 0 Å². The monoisotopic (exact) mass is 271 g/mol. The van der Waals surface area contributed by atoms with Gasteiger partial charge in [0, 0.05) is 25.2 Å². The lowest BCUT2D eigenvalue weighted by Gasteiger charge is -2.10. The topological polar surface area (TPSA) is 62.7 Å². The first-order chi connectivity index (χ1) is 9.81. The van der Waals surface area contributed by atoms with E-state index in [-0.39, 0.29) is 0 Å². The van der Waals surface area contributed by atoms with Crippen LogP contribution in [0.15, 0.2) is 30.5 Å². The van der Waals surface area contributed by atoms with Crippen LogP contribution in [-0.4, -0.2) is 21.5 Å². The summed E-state index contributed by atoms with van der Waals surface area (Å²) in [6.07, 6.45) is 3.72. The Morgan fingerprint density at radius 2 is 1.85 bits per heavy atom. The van der Waals surface area contributed by atoms with Crippen LogP contribution in [0.2, 0.25) is 0 Å². The second-order valence-corrected chi connectivity index (χ2v) is 4.51. The first kappa shape index (κ1) is 14.2. The number of nitrogens with one attached hydrogen (secondary N) is 2. The molecule has 0 atom stereocenters. The van der Waals surface area contributed by atoms with Gasteiger partial charge in [-0.15, -0.1) is 0 Å². The molecule has 0 spiro atoms. The van der Waals surface area contributed by atoms with E-state index in [0.29, 0.717) is 6.54 Å². The van der Waals surface area contributed by atoms with Crippen molar-refractivity contribution in [1.82, 2.24) is 15.0 Å². The zero-order valence-corrected chi connectivity index (χ0v) is 12.1. The number of rotatable bonds is 7. The number of aromatic nitrogens is 3. The molecule has 0 bridgehead atoms. The van der Waals surface area contributed by atoms with Gasteiger partial charge in [-0.3, -0.25) is 4.98 Å². The molecular formula is C15H21N5. The Kier molecular flexibility index (Phi) is 5.29. The molecular weight excluding hydrogens is 250 g/mol. The highest BCUT2D eigenvalue weighted by molar-refractivity contribution is 5.47. The second-order valence-electron chi connectivity index (χ2n) is 4.51. The average molecular weight is 271 g/mol. The fourth-order valence-electron chi connectivity index (χ4n) is 1.88. The molecule has 0 aromatic carbocycles. The first-order valence-electron chi connectivity index (χ1n) is 7.07. The zero-order valence-electron chi connectivity index (χ0n) is 12.1. The van der Waals surface area contributed by atoms with Crippen LogP contribution in [-0.2, 0) is 13.0 Å². The molecule has 2 aromatic heterocycles. The van der Waals surface area contributed by atoms with Crippen LogP contribution in [0.25, 0.3) is 0 Å². The number of anilines is 2. The minimum absolute atomic E-state index is 0.662. The Morgan fingerprint density at radius 1 is 1.05 bits per heavy atom. The Morgan fingerprint density at radius 3 is 2.50 bits per heavy atom. The highest BCUT2D eigenvalue weighted by atomic mass is 15.1. The van der Waals surface area contributed by atoms with E-state index in [1.807, 2.05) is 24.3 Å². The van der Waals surface area contributed by atoms with E-state index in [2.05, 4.69) is 39.4 Å². The summed E-state index contributed by atoms with van der Waals surface area (Å²) in [6.45, 7) is 5.70. The molecule has 0 saturated heterocycles. The second kappa shape index (κ2) is 7.43. The summed E-state index contributed by atoms with van der Waals surface area (Å²) in [6, 6.07) is 7.82. The molecule has 0 unspecified atom stereocenters. The van der Waals surface area contributed by atoms with E-state index < -0.39 is 0 Å². The third-order valence-electron chi connectivity index (χ3n) is 2.78. The van der Waals surface area contributed by atoms with E-state index in [9.17, 15) is 0 Å². The standard InChI is InChI=1S/C15H21N5/c1-3-7-13-19-14(16-4-2)10-15(20-13)18-11-12-8-5-6-9-17-12/h5-6,8-10H,3-4,7,11H2,1-2H3,(H2,16,18,19,20). The van der Waals surface area contributed by atoms with Gasteiger partial charge in [-0.2, -0.15) is 0 Å². The van der Waals surface area contributed by atoms with Crippen molar-refractivity contribution in [3.05, 3.63) is 42.0 Å². The third kappa shape index (κ3) is 4.19. The van der Waals surface area contributed by atoms with Crippen molar-refractivity contribution in [1.29, 1.82) is 0 Å². The molecule has 0 aliphatic carbocycles. The lowest BCUT2D eigenvalue weighted by Crippen LogP contribution is -2.08. The fraction of sp³-hybridized carbons (Fsp3) is 0.400. The molecule has 0 aliphatic heterocycles. The fourth-order valence-corrected chi connectivity index (χ4v) is 1.88. The van der Waals surface area contributed by atoms with Gasteiger partial charge in [0.15, 0.2) is 0 Å². The van der Waals surface area contributed by atoms with Crippen molar-refractivity contribution in [2.24, 2.45) is 0 Å². The normalized spacial score (nSPS) is 10.3. The van der Waals surface area contributed by atoms with Crippen molar-refractivity contribution in [2.45, 2.75) is 33.2 Å². The van der Waals surface area contributed by atoms with Crippen LogP contribution < -0.4 is 10.6 Å². The maximum absolute atomic E-state index is 4.53. The summed E-state index contributed by atoms with van der Waals surface area (Å²) in [4.78, 5) is 13.3. The molecule has 5 heteroatoms. The minimum atomic E-state index is 0.662. The number of aryl methyl sites for hydroxylation is 1. The van der Waals surface area contributed by atoms with Crippen LogP contribution in [0.4, 0.5) is 11.6 Å². The van der Waals surface area contributed by atoms with Crippen molar-refractivity contribution < 1.29 is 0 Å². The number of nitrogens with zero attached hydrogens (tertiary/aromatic N) is 3. The molecule has 0 saturated carbocycles. The molecule has 2 heterocycles. The lowest BCUT2D eigenvalue weighted by atomic mass is 10.3. The Hall–Kier alpha value is -2.17. The maximum atomic E-state index is 4.53. The molecule has 2 aromatic rings. The quantitative estimate of drug-likeness (QED) is 0.810. The highest BCUT2D eigenvalue weighted by Gasteiger charge is 2.04. The largest absolute Gasteiger partial charge is 0.370 e. The molecule has 0 amide bonds. The average Bonchev–Trinajstić information content (AvgIpc) is 2.47. The van der Waals surface area contributed by atoms with Crippen LogP contribution >= 0.6 is 0 Å². The summed E-state index contributed by atoms with van der Waals surface area (Å²) in [7, 11) is 0. The molecule has 0 radical (unpaired) electrons. The van der Waals surface area contributed by atoms with Crippen molar-refractivity contribution in [3.8, 4) is 0 Å². The Bertz CT molecular complexity index is 503. The minimum Gasteiger partial charge on any atom is -0.370 e. The summed E-state index contributed by atoms with van der Waals surface area (Å²) < 4.78 is 0. The van der Waals surface area contributed by atoms with E-state index in [0.717, 1.165) is 42.5 Å². The van der Waals surface area contributed by atoms with Gasteiger partial charge >= 0.3 is 0 Å². The van der Waals surface area contributed by atoms with Gasteiger partial charge in [0.05, 0.1) is 12.2 Å². The third-order valence-corrected chi connectivity index (χ3v) is 2.78. The number of pyridine rings is 1. The molecule has 2 rings (SSSR count). The van der Waals surface area contributed by atoms with E-state index in [4.69, 9.17) is 0 Å². The number of hydrogen-bond donors (Lipinski definition) is 2. The Labute approximate surface area is 119 Å². The Balaban J connectivity index is 2.09. The van der Waals surface area contributed by atoms with Gasteiger partial charge in [-0.05, 0) is 25.5 Å². The molecule has 0 aliphatic rings. The highest BCUT2D eigenvalue weighted by Crippen LogP contribution is 2.13. The van der Waals surface area contributed by atoms with E-state index in [1.165, 1.54) is 0 Å². The number of hydrogen-bond acceptors (Lipinski definition) is 5. The summed E-state index contributed by atoms with van der Waals surface area (Å²) in [5.74, 6) is 2.58. The first-order valence-corrected chi connectivity index (χ1v) is 7.07. The smallest absolute Gasteiger partial charge is 0.133 e. The molecule has 20 heavy (non-hydrogen) atoms. The predicted molar refractivity (Wildman–Crippen MR) is 81.8 cm³/mol. The summed E-state index contributed by atoms with van der Waals surface area (Å²) in [5.41, 5.74) is 0.994. The zero-order chi connectivity index (χ0) is 14.2. The van der Waals surface area contributed by atoms with Crippen molar-refractivity contribution >= 4 is 11.6 Å². The van der Waals surface area contributed by atoms with Gasteiger partial charge in [0.1, 0.15) is 17.5 Å². The SMILES string of the molecule is CCCc1nc(NCC)cc(NCc2ccccn2)n1. The van der Waals surface area contributed by atoms with Crippen LogP contribution in [0.3, 0.4) is 0 Å². The van der Waals surface area contributed by atoms with Crippen molar-refractivity contribution in [3.63, 3.8) is 0 Å². The summed E-state index contributed by atoms with van der Waals surface area (Å²) in [5, 5.41) is 6.54. The van der Waals surface area contributed by atoms with E-state index >= 15 is 0 Å². The lowest BCUT2D eigenvalue weighted by molar-refractivity contribution is 0.833. The molecule has 0 fully saturated rings. The van der Waals surface area contributed by atoms with Crippen molar-refractivity contribution in [2.75, 3.05) is 17.2 Å². The molecule has 106 valence electrons. The van der Waals surface area contributed by atoms with Crippen LogP contribution in [0, 0.1) is 0 Å². The predicted octanol–water partition coefficient (Wildman–Crippen LogP) is 2.87. The van der Waals surface area contributed by atoms with Crippen LogP contribution in [0.5, 0.6) is 0 Å². The van der Waals surface area contributed by atoms with Gasteiger partial charge in [-0.1, -0.05) is 13.0 Å². The van der Waals surface area contributed by atoms with Gasteiger partial charge in [0.2, 0.25) is 0 Å². The molecule has 5 nitrogen and oxygen atoms in total. The molecule has 2 N–H and O–H groups in total. The maximum Gasteiger partial charge on any atom is 0.133 e. The van der Waals surface area contributed by atoms with Gasteiger partial charge in [-0.25, -0.2) is 9.97 Å². The van der Waals surface area contributed by atoms with E-state index in [1.54, 1.807) is 6.20 Å².